The van der Waals surface area contributed by atoms with Gasteiger partial charge in [0.1, 0.15) is 23.9 Å². The molecule has 1 amide bonds. The Hall–Kier alpha value is -3.77. The second kappa shape index (κ2) is 8.47. The van der Waals surface area contributed by atoms with Crippen LogP contribution in [0.15, 0.2) is 60.7 Å². The van der Waals surface area contributed by atoms with Gasteiger partial charge in [-0.15, -0.1) is 0 Å². The number of hydrogen-bond acceptors (Lipinski definition) is 3. The lowest BCUT2D eigenvalue weighted by Gasteiger charge is -2.21. The highest BCUT2D eigenvalue weighted by atomic mass is 35.5. The van der Waals surface area contributed by atoms with Crippen LogP contribution in [0.25, 0.3) is 33.1 Å². The van der Waals surface area contributed by atoms with Crippen molar-refractivity contribution >= 4 is 39.4 Å². The maximum atomic E-state index is 13.7. The van der Waals surface area contributed by atoms with E-state index in [1.807, 2.05) is 59.7 Å². The minimum Gasteiger partial charge on any atom is -0.491 e. The lowest BCUT2D eigenvalue weighted by atomic mass is 10.0. The van der Waals surface area contributed by atoms with Crippen molar-refractivity contribution < 1.29 is 9.53 Å². The number of hydrogen-bond donors (Lipinski definition) is 1. The summed E-state index contributed by atoms with van der Waals surface area (Å²) in [4.78, 5) is 23.4. The molecule has 0 bridgehead atoms. The maximum Gasteiger partial charge on any atom is 0.270 e. The second-order valence-electron chi connectivity index (χ2n) is 8.90. The Balaban J connectivity index is 1.35. The van der Waals surface area contributed by atoms with Gasteiger partial charge in [-0.3, -0.25) is 4.79 Å². The minimum absolute atomic E-state index is 0.0182. The molecule has 0 radical (unpaired) electrons. The number of aromatic nitrogens is 3. The van der Waals surface area contributed by atoms with Gasteiger partial charge in [0.05, 0.1) is 23.1 Å². The van der Waals surface area contributed by atoms with Crippen LogP contribution in [0.5, 0.6) is 5.75 Å². The van der Waals surface area contributed by atoms with Crippen molar-refractivity contribution in [2.45, 2.75) is 26.9 Å². The van der Waals surface area contributed by atoms with Gasteiger partial charge in [-0.2, -0.15) is 0 Å². The zero-order chi connectivity index (χ0) is 24.1. The van der Waals surface area contributed by atoms with Crippen molar-refractivity contribution in [1.29, 1.82) is 0 Å². The quantitative estimate of drug-likeness (QED) is 0.331. The molecular weight excluding hydrogens is 460 g/mol. The molecule has 176 valence electrons. The molecule has 0 atom stereocenters. The first-order valence-electron chi connectivity index (χ1n) is 11.8. The predicted octanol–water partition coefficient (Wildman–Crippen LogP) is 6.20. The first kappa shape index (κ1) is 21.7. The molecule has 1 aliphatic heterocycles. The molecule has 1 aliphatic rings. The van der Waals surface area contributed by atoms with Crippen LogP contribution < -0.4 is 4.74 Å². The summed E-state index contributed by atoms with van der Waals surface area (Å²) in [5, 5.41) is 1.56. The van der Waals surface area contributed by atoms with Gasteiger partial charge in [0.15, 0.2) is 0 Å². The van der Waals surface area contributed by atoms with Crippen LogP contribution in [0.2, 0.25) is 5.02 Å². The molecule has 0 unspecified atom stereocenters. The van der Waals surface area contributed by atoms with Crippen molar-refractivity contribution in [3.05, 3.63) is 82.8 Å². The zero-order valence-corrected chi connectivity index (χ0v) is 20.4. The first-order chi connectivity index (χ1) is 17.0. The van der Waals surface area contributed by atoms with Crippen molar-refractivity contribution in [2.75, 3.05) is 13.2 Å². The highest BCUT2D eigenvalue weighted by molar-refractivity contribution is 6.35. The Morgan fingerprint density at radius 3 is 2.80 bits per heavy atom. The lowest BCUT2D eigenvalue weighted by Crippen LogP contribution is -2.33. The fourth-order valence-corrected chi connectivity index (χ4v) is 5.22. The van der Waals surface area contributed by atoms with E-state index in [-0.39, 0.29) is 5.91 Å². The van der Waals surface area contributed by atoms with Gasteiger partial charge >= 0.3 is 0 Å². The van der Waals surface area contributed by atoms with Crippen LogP contribution in [-0.4, -0.2) is 38.5 Å². The summed E-state index contributed by atoms with van der Waals surface area (Å²) < 4.78 is 8.06. The summed E-state index contributed by atoms with van der Waals surface area (Å²) in [7, 11) is 0. The number of ether oxygens (including phenoxy) is 1. The topological polar surface area (TPSA) is 63.1 Å². The van der Waals surface area contributed by atoms with Gasteiger partial charge in [0.25, 0.3) is 5.91 Å². The fraction of sp³-hybridized carbons (Fsp3) is 0.214. The molecule has 3 heterocycles. The average Bonchev–Trinajstić information content (AvgIpc) is 3.35. The Bertz CT molecular complexity index is 1600. The van der Waals surface area contributed by atoms with Crippen molar-refractivity contribution in [3.8, 4) is 16.9 Å². The number of imidazole rings is 1. The predicted molar refractivity (Wildman–Crippen MR) is 139 cm³/mol. The molecule has 6 rings (SSSR count). The lowest BCUT2D eigenvalue weighted by molar-refractivity contribution is 0.0723. The average molecular weight is 485 g/mol. The van der Waals surface area contributed by atoms with Gasteiger partial charge < -0.3 is 19.2 Å². The normalized spacial score (nSPS) is 13.6. The number of fused-ring (bicyclic) bond motifs is 3. The van der Waals surface area contributed by atoms with Gasteiger partial charge in [-0.1, -0.05) is 29.8 Å². The van der Waals surface area contributed by atoms with Gasteiger partial charge in [0.2, 0.25) is 0 Å². The summed E-state index contributed by atoms with van der Waals surface area (Å²) >= 11 is 6.43. The minimum atomic E-state index is -0.0182. The summed E-state index contributed by atoms with van der Waals surface area (Å²) in [6.07, 6.45) is 0. The molecule has 35 heavy (non-hydrogen) atoms. The van der Waals surface area contributed by atoms with Crippen LogP contribution in [0.4, 0.5) is 0 Å². The fourth-order valence-electron chi connectivity index (χ4n) is 4.99. The summed E-state index contributed by atoms with van der Waals surface area (Å²) in [5.74, 6) is 1.70. The number of carbonyl (C=O) groups is 1. The van der Waals surface area contributed by atoms with Crippen molar-refractivity contribution in [2.24, 2.45) is 0 Å². The van der Waals surface area contributed by atoms with Crippen LogP contribution in [0, 0.1) is 6.92 Å². The van der Waals surface area contributed by atoms with Crippen molar-refractivity contribution in [1.82, 2.24) is 19.4 Å². The van der Waals surface area contributed by atoms with E-state index >= 15 is 0 Å². The van der Waals surface area contributed by atoms with E-state index in [2.05, 4.69) is 34.2 Å². The van der Waals surface area contributed by atoms with E-state index < -0.39 is 0 Å². The molecule has 6 nitrogen and oxygen atoms in total. The smallest absolute Gasteiger partial charge is 0.270 e. The monoisotopic (exact) mass is 484 g/mol. The zero-order valence-electron chi connectivity index (χ0n) is 19.6. The highest BCUT2D eigenvalue weighted by Gasteiger charge is 2.25. The Morgan fingerprint density at radius 1 is 1.11 bits per heavy atom. The van der Waals surface area contributed by atoms with E-state index in [1.165, 1.54) is 0 Å². The number of nitrogens with one attached hydrogen (secondary N) is 1. The van der Waals surface area contributed by atoms with Crippen LogP contribution in [0.1, 0.15) is 28.8 Å². The first-order valence-corrected chi connectivity index (χ1v) is 12.2. The number of halogens is 1. The van der Waals surface area contributed by atoms with E-state index in [0.717, 1.165) is 50.2 Å². The SMILES string of the molecule is CCn1c(C(=O)N2CCOc3ccc(-c4ccc5nc(C)[nH]c5c4)cc3C2)cc2c(Cl)cccc21. The van der Waals surface area contributed by atoms with E-state index in [1.54, 1.807) is 0 Å². The standard InChI is InChI=1S/C28H25ClN4O2/c1-3-33-25-6-4-5-22(29)21(25)15-26(33)28(34)32-11-12-35-27-10-8-18(13-20(27)16-32)19-7-9-23-24(14-19)31-17(2)30-23/h4-10,13-15H,3,11-12,16H2,1-2H3,(H,30,31). The molecule has 0 saturated carbocycles. The molecular formula is C28H25ClN4O2. The number of rotatable bonds is 3. The molecule has 0 aliphatic carbocycles. The van der Waals surface area contributed by atoms with E-state index in [9.17, 15) is 4.79 Å². The summed E-state index contributed by atoms with van der Waals surface area (Å²) in [5.41, 5.74) is 6.74. The third-order valence-electron chi connectivity index (χ3n) is 6.69. The Labute approximate surface area is 208 Å². The molecule has 0 saturated heterocycles. The second-order valence-corrected chi connectivity index (χ2v) is 9.31. The Morgan fingerprint density at radius 2 is 1.94 bits per heavy atom. The molecule has 0 spiro atoms. The third kappa shape index (κ3) is 3.74. The number of nitrogens with zero attached hydrogens (tertiary/aromatic N) is 3. The van der Waals surface area contributed by atoms with Crippen LogP contribution in [0.3, 0.4) is 0 Å². The largest absolute Gasteiger partial charge is 0.491 e. The van der Waals surface area contributed by atoms with E-state index in [0.29, 0.717) is 37.0 Å². The molecule has 3 aromatic carbocycles. The van der Waals surface area contributed by atoms with Gasteiger partial charge in [-0.25, -0.2) is 4.98 Å². The van der Waals surface area contributed by atoms with Gasteiger partial charge in [0, 0.05) is 29.1 Å². The molecule has 0 fully saturated rings. The summed E-state index contributed by atoms with van der Waals surface area (Å²) in [6.45, 7) is 6.13. The molecule has 7 heteroatoms. The molecule has 1 N–H and O–H groups in total. The number of benzene rings is 3. The van der Waals surface area contributed by atoms with Crippen LogP contribution in [-0.2, 0) is 13.1 Å². The van der Waals surface area contributed by atoms with E-state index in [4.69, 9.17) is 16.3 Å². The number of H-pyrrole nitrogens is 1. The number of amides is 1. The maximum absolute atomic E-state index is 13.7. The van der Waals surface area contributed by atoms with Crippen LogP contribution >= 0.6 is 11.6 Å². The highest BCUT2D eigenvalue weighted by Crippen LogP contribution is 2.32. The van der Waals surface area contributed by atoms with Gasteiger partial charge in [-0.05, 0) is 67.4 Å². The molecule has 5 aromatic rings. The summed E-state index contributed by atoms with van der Waals surface area (Å²) in [6, 6.07) is 20.1. The molecule has 2 aromatic heterocycles. The number of carbonyl (C=O) groups excluding carboxylic acids is 1. The third-order valence-corrected chi connectivity index (χ3v) is 7.02. The Kier molecular flexibility index (Phi) is 5.26. The number of aromatic amines is 1. The van der Waals surface area contributed by atoms with Crippen molar-refractivity contribution in [3.63, 3.8) is 0 Å². The number of aryl methyl sites for hydroxylation is 2.